The van der Waals surface area contributed by atoms with Crippen molar-refractivity contribution in [2.24, 2.45) is 0 Å². The summed E-state index contributed by atoms with van der Waals surface area (Å²) in [5.41, 5.74) is 10.1. The monoisotopic (exact) mass is 532 g/mol. The van der Waals surface area contributed by atoms with Gasteiger partial charge in [-0.05, 0) is 76.8 Å². The van der Waals surface area contributed by atoms with Crippen molar-refractivity contribution in [3.05, 3.63) is 170 Å². The van der Waals surface area contributed by atoms with Gasteiger partial charge >= 0.3 is 0 Å². The van der Waals surface area contributed by atoms with Gasteiger partial charge in [-0.25, -0.2) is 0 Å². The van der Waals surface area contributed by atoms with E-state index < -0.39 is 0 Å². The number of rotatable bonds is 4. The van der Waals surface area contributed by atoms with Crippen LogP contribution < -0.4 is 0 Å². The third-order valence-electron chi connectivity index (χ3n) is 8.49. The first kappa shape index (κ1) is 24.3. The minimum Gasteiger partial charge on any atom is -0.0622 e. The van der Waals surface area contributed by atoms with Crippen LogP contribution in [-0.4, -0.2) is 0 Å². The van der Waals surface area contributed by atoms with Crippen molar-refractivity contribution in [3.63, 3.8) is 0 Å². The fourth-order valence-corrected chi connectivity index (χ4v) is 6.58. The van der Waals surface area contributed by atoms with Crippen molar-refractivity contribution in [3.8, 4) is 44.5 Å². The number of hydrogen-bond acceptors (Lipinski definition) is 0. The second kappa shape index (κ2) is 10.2. The summed E-state index contributed by atoms with van der Waals surface area (Å²) in [6.07, 6.45) is 0. The molecular weight excluding hydrogens is 504 g/mol. The highest BCUT2D eigenvalue weighted by molar-refractivity contribution is 6.24. The van der Waals surface area contributed by atoms with Crippen LogP contribution >= 0.6 is 0 Å². The zero-order chi connectivity index (χ0) is 27.9. The van der Waals surface area contributed by atoms with E-state index in [0.717, 1.165) is 0 Å². The first-order valence-corrected chi connectivity index (χ1v) is 14.5. The Morgan fingerprint density at radius 3 is 1.10 bits per heavy atom. The second-order valence-electron chi connectivity index (χ2n) is 10.9. The fourth-order valence-electron chi connectivity index (χ4n) is 6.58. The van der Waals surface area contributed by atoms with Gasteiger partial charge in [-0.15, -0.1) is 0 Å². The number of benzene rings is 8. The lowest BCUT2D eigenvalue weighted by Gasteiger charge is -2.19. The highest BCUT2D eigenvalue weighted by Gasteiger charge is 2.18. The van der Waals surface area contributed by atoms with E-state index >= 15 is 0 Å². The highest BCUT2D eigenvalue weighted by Crippen LogP contribution is 2.46. The van der Waals surface area contributed by atoms with Crippen LogP contribution in [0.5, 0.6) is 0 Å². The SMILES string of the molecule is c1ccc(-c2ccc(-c3ccc(-c4c5ccccc5c(-c5ccccc5)c5ccccc45)c4ccccc34)cc2)cc1. The van der Waals surface area contributed by atoms with Crippen molar-refractivity contribution < 1.29 is 0 Å². The van der Waals surface area contributed by atoms with Crippen LogP contribution in [0.3, 0.4) is 0 Å². The van der Waals surface area contributed by atoms with E-state index in [-0.39, 0.29) is 0 Å². The molecule has 0 saturated heterocycles. The summed E-state index contributed by atoms with van der Waals surface area (Å²) in [6, 6.07) is 61.6. The van der Waals surface area contributed by atoms with Crippen LogP contribution in [0.4, 0.5) is 0 Å². The van der Waals surface area contributed by atoms with Crippen LogP contribution in [0.1, 0.15) is 0 Å². The molecule has 0 aliphatic carbocycles. The third kappa shape index (κ3) is 4.00. The molecule has 0 aromatic heterocycles. The maximum atomic E-state index is 2.33. The standard InChI is InChI=1S/C42H28/c1-3-13-29(14-4-1)30-23-25-31(26-24-30)33-27-28-40(35-18-8-7-17-34(33)35)42-38-21-11-9-19-36(38)41(32-15-5-2-6-16-32)37-20-10-12-22-39(37)42/h1-28H. The minimum absolute atomic E-state index is 1.23. The fraction of sp³-hybridized carbons (Fsp3) is 0. The molecule has 0 spiro atoms. The lowest BCUT2D eigenvalue weighted by atomic mass is 9.84. The Hall–Kier alpha value is -5.46. The summed E-state index contributed by atoms with van der Waals surface area (Å²) >= 11 is 0. The Morgan fingerprint density at radius 1 is 0.190 bits per heavy atom. The molecule has 0 heteroatoms. The molecule has 0 bridgehead atoms. The lowest BCUT2D eigenvalue weighted by molar-refractivity contribution is 1.60. The maximum Gasteiger partial charge on any atom is -0.00201 e. The molecule has 8 aromatic rings. The Labute approximate surface area is 246 Å². The van der Waals surface area contributed by atoms with E-state index in [0.29, 0.717) is 0 Å². The zero-order valence-electron chi connectivity index (χ0n) is 23.2. The molecule has 0 atom stereocenters. The van der Waals surface area contributed by atoms with Crippen LogP contribution in [-0.2, 0) is 0 Å². The smallest absolute Gasteiger partial charge is 0.00201 e. The topological polar surface area (TPSA) is 0 Å². The van der Waals surface area contributed by atoms with Gasteiger partial charge in [0, 0.05) is 0 Å². The van der Waals surface area contributed by atoms with Crippen LogP contribution in [0, 0.1) is 0 Å². The van der Waals surface area contributed by atoms with Gasteiger partial charge < -0.3 is 0 Å². The molecule has 8 rings (SSSR count). The van der Waals surface area contributed by atoms with Gasteiger partial charge in [-0.1, -0.05) is 170 Å². The van der Waals surface area contributed by atoms with Crippen molar-refractivity contribution in [1.82, 2.24) is 0 Å². The molecule has 196 valence electrons. The van der Waals surface area contributed by atoms with E-state index in [1.54, 1.807) is 0 Å². The molecule has 42 heavy (non-hydrogen) atoms. The normalized spacial score (nSPS) is 11.3. The Bertz CT molecular complexity index is 2150. The van der Waals surface area contributed by atoms with Gasteiger partial charge in [0.15, 0.2) is 0 Å². The molecule has 0 heterocycles. The van der Waals surface area contributed by atoms with Crippen molar-refractivity contribution in [2.45, 2.75) is 0 Å². The predicted octanol–water partition coefficient (Wildman–Crippen LogP) is 11.8. The van der Waals surface area contributed by atoms with Gasteiger partial charge in [0.05, 0.1) is 0 Å². The van der Waals surface area contributed by atoms with E-state index in [9.17, 15) is 0 Å². The first-order valence-electron chi connectivity index (χ1n) is 14.5. The molecule has 0 aliphatic rings. The Balaban J connectivity index is 1.38. The summed E-state index contributed by atoms with van der Waals surface area (Å²) in [6.45, 7) is 0. The average Bonchev–Trinajstić information content (AvgIpc) is 3.08. The Kier molecular flexibility index (Phi) is 5.90. The van der Waals surface area contributed by atoms with Gasteiger partial charge in [0.25, 0.3) is 0 Å². The molecule has 0 nitrogen and oxygen atoms in total. The molecule has 8 aromatic carbocycles. The van der Waals surface area contributed by atoms with E-state index in [1.807, 2.05) is 0 Å². The number of fused-ring (bicyclic) bond motifs is 3. The number of hydrogen-bond donors (Lipinski definition) is 0. The largest absolute Gasteiger partial charge is 0.0622 e. The van der Waals surface area contributed by atoms with Crippen LogP contribution in [0.2, 0.25) is 0 Å². The molecule has 0 aliphatic heterocycles. The highest BCUT2D eigenvalue weighted by atomic mass is 14.2. The van der Waals surface area contributed by atoms with Crippen LogP contribution in [0.15, 0.2) is 170 Å². The molecule has 0 N–H and O–H groups in total. The van der Waals surface area contributed by atoms with Gasteiger partial charge in [0.1, 0.15) is 0 Å². The van der Waals surface area contributed by atoms with E-state index in [1.165, 1.54) is 76.8 Å². The molecule has 0 fully saturated rings. The van der Waals surface area contributed by atoms with Crippen molar-refractivity contribution in [2.75, 3.05) is 0 Å². The van der Waals surface area contributed by atoms with E-state index in [2.05, 4.69) is 170 Å². The second-order valence-corrected chi connectivity index (χ2v) is 10.9. The van der Waals surface area contributed by atoms with Crippen molar-refractivity contribution in [1.29, 1.82) is 0 Å². The van der Waals surface area contributed by atoms with Gasteiger partial charge in [-0.2, -0.15) is 0 Å². The summed E-state index contributed by atoms with van der Waals surface area (Å²) in [5.74, 6) is 0. The maximum absolute atomic E-state index is 2.33. The lowest BCUT2D eigenvalue weighted by Crippen LogP contribution is -1.92. The van der Waals surface area contributed by atoms with Crippen molar-refractivity contribution >= 4 is 32.3 Å². The van der Waals surface area contributed by atoms with Crippen LogP contribution in [0.25, 0.3) is 76.8 Å². The van der Waals surface area contributed by atoms with Gasteiger partial charge in [0.2, 0.25) is 0 Å². The summed E-state index contributed by atoms with van der Waals surface area (Å²) in [5, 5.41) is 7.65. The van der Waals surface area contributed by atoms with E-state index in [4.69, 9.17) is 0 Å². The molecule has 0 unspecified atom stereocenters. The minimum atomic E-state index is 1.23. The first-order chi connectivity index (χ1) is 20.9. The summed E-state index contributed by atoms with van der Waals surface area (Å²) in [4.78, 5) is 0. The van der Waals surface area contributed by atoms with Gasteiger partial charge in [-0.3, -0.25) is 0 Å². The molecule has 0 saturated carbocycles. The molecule has 0 amide bonds. The molecular formula is C42H28. The quantitative estimate of drug-likeness (QED) is 0.198. The Morgan fingerprint density at radius 2 is 0.548 bits per heavy atom. The summed E-state index contributed by atoms with van der Waals surface area (Å²) in [7, 11) is 0. The third-order valence-corrected chi connectivity index (χ3v) is 8.49. The molecule has 0 radical (unpaired) electrons. The summed E-state index contributed by atoms with van der Waals surface area (Å²) < 4.78 is 0. The zero-order valence-corrected chi connectivity index (χ0v) is 23.2. The average molecular weight is 533 g/mol. The predicted molar refractivity (Wildman–Crippen MR) is 181 cm³/mol.